The highest BCUT2D eigenvalue weighted by Gasteiger charge is 2.22. The van der Waals surface area contributed by atoms with Crippen LogP contribution in [-0.2, 0) is 0 Å². The molecule has 1 fully saturated rings. The lowest BCUT2D eigenvalue weighted by molar-refractivity contribution is 0.263. The molecule has 0 aliphatic carbocycles. The Labute approximate surface area is 95.9 Å². The Kier molecular flexibility index (Phi) is 3.62. The molecule has 88 valence electrons. The molecule has 1 saturated heterocycles. The number of rotatable bonds is 4. The SMILES string of the molecule is COc1cccc(N2CCC(CCO)C2)n1. The molecule has 1 aliphatic heterocycles. The summed E-state index contributed by atoms with van der Waals surface area (Å²) < 4.78 is 5.11. The van der Waals surface area contributed by atoms with Gasteiger partial charge in [-0.15, -0.1) is 0 Å². The van der Waals surface area contributed by atoms with E-state index in [1.807, 2.05) is 18.2 Å². The fourth-order valence-electron chi connectivity index (χ4n) is 2.15. The van der Waals surface area contributed by atoms with Crippen LogP contribution in [0, 0.1) is 5.92 Å². The first-order chi connectivity index (χ1) is 7.83. The molecule has 1 N–H and O–H groups in total. The van der Waals surface area contributed by atoms with Crippen LogP contribution in [0.15, 0.2) is 18.2 Å². The van der Waals surface area contributed by atoms with Gasteiger partial charge in [-0.25, -0.2) is 0 Å². The highest BCUT2D eigenvalue weighted by molar-refractivity contribution is 5.41. The van der Waals surface area contributed by atoms with E-state index < -0.39 is 0 Å². The summed E-state index contributed by atoms with van der Waals surface area (Å²) in [6, 6.07) is 5.81. The van der Waals surface area contributed by atoms with Crippen LogP contribution in [0.5, 0.6) is 5.88 Å². The summed E-state index contributed by atoms with van der Waals surface area (Å²) in [5.41, 5.74) is 0. The number of pyridine rings is 1. The predicted molar refractivity (Wildman–Crippen MR) is 62.8 cm³/mol. The molecule has 1 unspecified atom stereocenters. The molecule has 0 amide bonds. The molecule has 0 spiro atoms. The lowest BCUT2D eigenvalue weighted by Gasteiger charge is -2.17. The number of hydrogen-bond donors (Lipinski definition) is 1. The van der Waals surface area contributed by atoms with Gasteiger partial charge in [-0.2, -0.15) is 4.98 Å². The molecular formula is C12H18N2O2. The molecule has 2 rings (SSSR count). The Balaban J connectivity index is 2.02. The summed E-state index contributed by atoms with van der Waals surface area (Å²) in [7, 11) is 1.63. The first kappa shape index (κ1) is 11.2. The minimum absolute atomic E-state index is 0.282. The van der Waals surface area contributed by atoms with Crippen molar-refractivity contribution < 1.29 is 9.84 Å². The third-order valence-electron chi connectivity index (χ3n) is 3.07. The number of hydrogen-bond acceptors (Lipinski definition) is 4. The van der Waals surface area contributed by atoms with E-state index in [1.54, 1.807) is 7.11 Å². The summed E-state index contributed by atoms with van der Waals surface area (Å²) in [4.78, 5) is 6.66. The maximum absolute atomic E-state index is 8.91. The molecule has 1 aromatic heterocycles. The molecule has 16 heavy (non-hydrogen) atoms. The smallest absolute Gasteiger partial charge is 0.214 e. The van der Waals surface area contributed by atoms with Crippen LogP contribution in [0.3, 0.4) is 0 Å². The highest BCUT2D eigenvalue weighted by Crippen LogP contribution is 2.25. The zero-order chi connectivity index (χ0) is 11.4. The third kappa shape index (κ3) is 2.44. The topological polar surface area (TPSA) is 45.6 Å². The number of nitrogens with zero attached hydrogens (tertiary/aromatic N) is 2. The quantitative estimate of drug-likeness (QED) is 0.834. The minimum Gasteiger partial charge on any atom is -0.481 e. The Morgan fingerprint density at radius 1 is 1.56 bits per heavy atom. The van der Waals surface area contributed by atoms with Crippen molar-refractivity contribution in [2.45, 2.75) is 12.8 Å². The van der Waals surface area contributed by atoms with Crippen molar-refractivity contribution in [2.75, 3.05) is 31.7 Å². The summed E-state index contributed by atoms with van der Waals surface area (Å²) in [6.45, 7) is 2.29. The first-order valence-electron chi connectivity index (χ1n) is 5.70. The van der Waals surface area contributed by atoms with E-state index >= 15 is 0 Å². The van der Waals surface area contributed by atoms with E-state index in [9.17, 15) is 0 Å². The van der Waals surface area contributed by atoms with Crippen molar-refractivity contribution in [1.29, 1.82) is 0 Å². The van der Waals surface area contributed by atoms with Crippen molar-refractivity contribution in [2.24, 2.45) is 5.92 Å². The van der Waals surface area contributed by atoms with Gasteiger partial charge >= 0.3 is 0 Å². The van der Waals surface area contributed by atoms with Gasteiger partial charge in [0.05, 0.1) is 7.11 Å². The van der Waals surface area contributed by atoms with Crippen molar-refractivity contribution in [3.05, 3.63) is 18.2 Å². The normalized spacial score (nSPS) is 20.1. The molecule has 2 heterocycles. The second-order valence-corrected chi connectivity index (χ2v) is 4.15. The Morgan fingerprint density at radius 3 is 3.19 bits per heavy atom. The monoisotopic (exact) mass is 222 g/mol. The highest BCUT2D eigenvalue weighted by atomic mass is 16.5. The van der Waals surface area contributed by atoms with Crippen LogP contribution in [0.2, 0.25) is 0 Å². The minimum atomic E-state index is 0.282. The van der Waals surface area contributed by atoms with Crippen molar-refractivity contribution in [3.63, 3.8) is 0 Å². The second kappa shape index (κ2) is 5.16. The van der Waals surface area contributed by atoms with E-state index in [4.69, 9.17) is 9.84 Å². The number of aliphatic hydroxyl groups is 1. The third-order valence-corrected chi connectivity index (χ3v) is 3.07. The van der Waals surface area contributed by atoms with E-state index in [1.165, 1.54) is 0 Å². The lowest BCUT2D eigenvalue weighted by Crippen LogP contribution is -2.21. The fraction of sp³-hybridized carbons (Fsp3) is 0.583. The molecule has 1 aromatic rings. The Morgan fingerprint density at radius 2 is 2.44 bits per heavy atom. The maximum atomic E-state index is 8.91. The van der Waals surface area contributed by atoms with Crippen LogP contribution in [0.4, 0.5) is 5.82 Å². The molecule has 0 bridgehead atoms. The van der Waals surface area contributed by atoms with Gasteiger partial charge in [0.15, 0.2) is 0 Å². The molecule has 1 aliphatic rings. The molecule has 0 saturated carbocycles. The van der Waals surface area contributed by atoms with Gasteiger partial charge in [0, 0.05) is 25.8 Å². The standard InChI is InChI=1S/C12H18N2O2/c1-16-12-4-2-3-11(13-12)14-7-5-10(9-14)6-8-15/h2-4,10,15H,5-9H2,1H3. The first-order valence-corrected chi connectivity index (χ1v) is 5.70. The fourth-order valence-corrected chi connectivity index (χ4v) is 2.15. The van der Waals surface area contributed by atoms with E-state index in [2.05, 4.69) is 9.88 Å². The van der Waals surface area contributed by atoms with Gasteiger partial charge in [-0.05, 0) is 24.8 Å². The number of anilines is 1. The average molecular weight is 222 g/mol. The number of methoxy groups -OCH3 is 1. The predicted octanol–water partition coefficient (Wildman–Crippen LogP) is 1.30. The van der Waals surface area contributed by atoms with Crippen molar-refractivity contribution in [3.8, 4) is 5.88 Å². The summed E-state index contributed by atoms with van der Waals surface area (Å²) in [5, 5.41) is 8.91. The van der Waals surface area contributed by atoms with Gasteiger partial charge < -0.3 is 14.7 Å². The Hall–Kier alpha value is -1.29. The van der Waals surface area contributed by atoms with E-state index in [0.717, 1.165) is 31.7 Å². The number of aromatic nitrogens is 1. The zero-order valence-corrected chi connectivity index (χ0v) is 9.59. The van der Waals surface area contributed by atoms with Crippen LogP contribution >= 0.6 is 0 Å². The summed E-state index contributed by atoms with van der Waals surface area (Å²) in [5.74, 6) is 2.22. The maximum Gasteiger partial charge on any atom is 0.214 e. The van der Waals surface area contributed by atoms with E-state index in [-0.39, 0.29) is 6.61 Å². The van der Waals surface area contributed by atoms with Crippen LogP contribution < -0.4 is 9.64 Å². The van der Waals surface area contributed by atoms with Gasteiger partial charge in [-0.1, -0.05) is 6.07 Å². The molecule has 1 atom stereocenters. The van der Waals surface area contributed by atoms with Crippen molar-refractivity contribution >= 4 is 5.82 Å². The van der Waals surface area contributed by atoms with Crippen LogP contribution in [0.25, 0.3) is 0 Å². The number of aliphatic hydroxyl groups excluding tert-OH is 1. The lowest BCUT2D eigenvalue weighted by atomic mass is 10.1. The van der Waals surface area contributed by atoms with E-state index in [0.29, 0.717) is 11.8 Å². The molecule has 4 heteroatoms. The average Bonchev–Trinajstić information content (AvgIpc) is 2.78. The molecule has 0 aromatic carbocycles. The largest absolute Gasteiger partial charge is 0.481 e. The molecule has 4 nitrogen and oxygen atoms in total. The summed E-state index contributed by atoms with van der Waals surface area (Å²) in [6.07, 6.45) is 2.03. The van der Waals surface area contributed by atoms with Crippen LogP contribution in [-0.4, -0.2) is 36.9 Å². The van der Waals surface area contributed by atoms with Gasteiger partial charge in [-0.3, -0.25) is 0 Å². The molecular weight excluding hydrogens is 204 g/mol. The second-order valence-electron chi connectivity index (χ2n) is 4.15. The van der Waals surface area contributed by atoms with Gasteiger partial charge in [0.1, 0.15) is 5.82 Å². The summed E-state index contributed by atoms with van der Waals surface area (Å²) >= 11 is 0. The Bertz CT molecular complexity index is 344. The number of ether oxygens (including phenoxy) is 1. The van der Waals surface area contributed by atoms with Crippen molar-refractivity contribution in [1.82, 2.24) is 4.98 Å². The van der Waals surface area contributed by atoms with Gasteiger partial charge in [0.25, 0.3) is 0 Å². The molecule has 0 radical (unpaired) electrons. The van der Waals surface area contributed by atoms with Crippen LogP contribution in [0.1, 0.15) is 12.8 Å². The zero-order valence-electron chi connectivity index (χ0n) is 9.59. The van der Waals surface area contributed by atoms with Gasteiger partial charge in [0.2, 0.25) is 5.88 Å².